The highest BCUT2D eigenvalue weighted by atomic mass is 79.9. The fourth-order valence-corrected chi connectivity index (χ4v) is 3.55. The van der Waals surface area contributed by atoms with Gasteiger partial charge in [0, 0.05) is 27.5 Å². The number of rotatable bonds is 2. The summed E-state index contributed by atoms with van der Waals surface area (Å²) in [5.74, 6) is 0.133. The zero-order chi connectivity index (χ0) is 14.8. The van der Waals surface area contributed by atoms with Crippen LogP contribution in [0, 0.1) is 5.92 Å². The zero-order valence-electron chi connectivity index (χ0n) is 11.8. The summed E-state index contributed by atoms with van der Waals surface area (Å²) < 4.78 is 1.04. The number of hydrogen-bond donors (Lipinski definition) is 2. The quantitative estimate of drug-likeness (QED) is 0.861. The molecule has 4 heteroatoms. The summed E-state index contributed by atoms with van der Waals surface area (Å²) in [6.45, 7) is 0. The van der Waals surface area contributed by atoms with Crippen molar-refractivity contribution in [1.82, 2.24) is 0 Å². The molecule has 1 amide bonds. The van der Waals surface area contributed by atoms with Gasteiger partial charge in [0.05, 0.1) is 0 Å². The van der Waals surface area contributed by atoms with Crippen LogP contribution < -0.4 is 11.1 Å². The Morgan fingerprint density at radius 1 is 1.14 bits per heavy atom. The standard InChI is InChI=1S/C17H19BrN2O/c18-15-8-9-16(14-7-2-1-6-13(14)15)20-17(21)11-4-3-5-12(19)10-11/h1-2,6-9,11-12H,3-5,10,19H2,(H,20,21). The number of fused-ring (bicyclic) bond motifs is 1. The van der Waals surface area contributed by atoms with Crippen molar-refractivity contribution < 1.29 is 4.79 Å². The van der Waals surface area contributed by atoms with Crippen LogP contribution in [0.3, 0.4) is 0 Å². The lowest BCUT2D eigenvalue weighted by Gasteiger charge is -2.25. The number of amides is 1. The summed E-state index contributed by atoms with van der Waals surface area (Å²) in [6.07, 6.45) is 3.81. The molecule has 1 aliphatic rings. The first-order valence-corrected chi connectivity index (χ1v) is 8.18. The molecule has 2 aromatic rings. The molecular weight excluding hydrogens is 328 g/mol. The zero-order valence-corrected chi connectivity index (χ0v) is 13.4. The largest absolute Gasteiger partial charge is 0.328 e. The smallest absolute Gasteiger partial charge is 0.227 e. The van der Waals surface area contributed by atoms with Gasteiger partial charge in [0.2, 0.25) is 5.91 Å². The molecule has 110 valence electrons. The maximum Gasteiger partial charge on any atom is 0.227 e. The van der Waals surface area contributed by atoms with Gasteiger partial charge in [0.25, 0.3) is 0 Å². The van der Waals surface area contributed by atoms with Gasteiger partial charge in [-0.3, -0.25) is 4.79 Å². The van der Waals surface area contributed by atoms with Gasteiger partial charge in [-0.1, -0.05) is 46.6 Å². The van der Waals surface area contributed by atoms with Crippen molar-refractivity contribution in [2.45, 2.75) is 31.7 Å². The fraction of sp³-hybridized carbons (Fsp3) is 0.353. The van der Waals surface area contributed by atoms with E-state index in [-0.39, 0.29) is 17.9 Å². The van der Waals surface area contributed by atoms with Crippen LogP contribution in [0.1, 0.15) is 25.7 Å². The second-order valence-corrected chi connectivity index (χ2v) is 6.61. The van der Waals surface area contributed by atoms with Crippen molar-refractivity contribution >= 4 is 38.3 Å². The molecule has 3 N–H and O–H groups in total. The predicted octanol–water partition coefficient (Wildman–Crippen LogP) is 4.06. The molecule has 2 unspecified atom stereocenters. The summed E-state index contributed by atoms with van der Waals surface area (Å²) in [5.41, 5.74) is 6.85. The van der Waals surface area contributed by atoms with Crippen molar-refractivity contribution in [3.63, 3.8) is 0 Å². The lowest BCUT2D eigenvalue weighted by atomic mass is 9.85. The van der Waals surface area contributed by atoms with E-state index in [4.69, 9.17) is 5.73 Å². The first-order valence-electron chi connectivity index (χ1n) is 7.39. The Kier molecular flexibility index (Phi) is 4.27. The number of nitrogens with two attached hydrogens (primary N) is 1. The van der Waals surface area contributed by atoms with Crippen molar-refractivity contribution in [1.29, 1.82) is 0 Å². The normalized spacial score (nSPS) is 22.2. The van der Waals surface area contributed by atoms with Gasteiger partial charge in [0.15, 0.2) is 0 Å². The minimum absolute atomic E-state index is 0.0381. The summed E-state index contributed by atoms with van der Waals surface area (Å²) in [7, 11) is 0. The molecule has 0 bridgehead atoms. The summed E-state index contributed by atoms with van der Waals surface area (Å²) in [6, 6.07) is 12.2. The van der Waals surface area contributed by atoms with Crippen molar-refractivity contribution in [3.8, 4) is 0 Å². The van der Waals surface area contributed by atoms with Gasteiger partial charge < -0.3 is 11.1 Å². The summed E-state index contributed by atoms with van der Waals surface area (Å²) in [5, 5.41) is 5.25. The second kappa shape index (κ2) is 6.16. The van der Waals surface area contributed by atoms with Crippen LogP contribution in [-0.2, 0) is 4.79 Å². The second-order valence-electron chi connectivity index (χ2n) is 5.75. The van der Waals surface area contributed by atoms with E-state index < -0.39 is 0 Å². The van der Waals surface area contributed by atoms with Crippen LogP contribution in [0.15, 0.2) is 40.9 Å². The van der Waals surface area contributed by atoms with Gasteiger partial charge in [-0.2, -0.15) is 0 Å². The molecule has 0 aliphatic heterocycles. The van der Waals surface area contributed by atoms with E-state index in [9.17, 15) is 4.79 Å². The fourth-order valence-electron chi connectivity index (χ4n) is 3.07. The van der Waals surface area contributed by atoms with Crippen molar-refractivity contribution in [2.24, 2.45) is 11.7 Å². The number of anilines is 1. The number of halogens is 1. The monoisotopic (exact) mass is 346 g/mol. The Labute approximate surface area is 133 Å². The number of nitrogens with one attached hydrogen (secondary N) is 1. The van der Waals surface area contributed by atoms with Crippen LogP contribution in [0.2, 0.25) is 0 Å². The molecule has 3 nitrogen and oxygen atoms in total. The van der Waals surface area contributed by atoms with Crippen LogP contribution in [0.5, 0.6) is 0 Å². The molecule has 2 atom stereocenters. The molecule has 0 saturated heterocycles. The van der Waals surface area contributed by atoms with Crippen molar-refractivity contribution in [2.75, 3.05) is 5.32 Å². The third kappa shape index (κ3) is 3.11. The van der Waals surface area contributed by atoms with Gasteiger partial charge in [0.1, 0.15) is 0 Å². The van der Waals surface area contributed by atoms with E-state index in [1.54, 1.807) is 0 Å². The third-order valence-electron chi connectivity index (χ3n) is 4.21. The minimum atomic E-state index is 0.0381. The molecule has 0 spiro atoms. The maximum atomic E-state index is 12.5. The minimum Gasteiger partial charge on any atom is -0.328 e. The van der Waals surface area contributed by atoms with Gasteiger partial charge in [-0.05, 0) is 36.8 Å². The van der Waals surface area contributed by atoms with Crippen LogP contribution in [0.4, 0.5) is 5.69 Å². The molecule has 1 saturated carbocycles. The number of hydrogen-bond acceptors (Lipinski definition) is 2. The van der Waals surface area contributed by atoms with E-state index in [0.29, 0.717) is 0 Å². The predicted molar refractivity (Wildman–Crippen MR) is 90.2 cm³/mol. The van der Waals surface area contributed by atoms with Gasteiger partial charge in [-0.25, -0.2) is 0 Å². The lowest BCUT2D eigenvalue weighted by Crippen LogP contribution is -2.34. The number of carbonyl (C=O) groups is 1. The summed E-state index contributed by atoms with van der Waals surface area (Å²) >= 11 is 3.55. The first-order chi connectivity index (χ1) is 10.1. The average molecular weight is 347 g/mol. The van der Waals surface area contributed by atoms with E-state index in [2.05, 4.69) is 21.2 Å². The Morgan fingerprint density at radius 2 is 1.90 bits per heavy atom. The first kappa shape index (κ1) is 14.5. The molecule has 21 heavy (non-hydrogen) atoms. The molecule has 3 rings (SSSR count). The molecule has 2 aromatic carbocycles. The van der Waals surface area contributed by atoms with E-state index in [0.717, 1.165) is 46.6 Å². The van der Waals surface area contributed by atoms with Crippen LogP contribution >= 0.6 is 15.9 Å². The van der Waals surface area contributed by atoms with Crippen molar-refractivity contribution in [3.05, 3.63) is 40.9 Å². The third-order valence-corrected chi connectivity index (χ3v) is 4.91. The lowest BCUT2D eigenvalue weighted by molar-refractivity contribution is -0.120. The Balaban J connectivity index is 1.85. The maximum absolute atomic E-state index is 12.5. The molecular formula is C17H19BrN2O. The SMILES string of the molecule is NC1CCCC(C(=O)Nc2ccc(Br)c3ccccc23)C1. The Morgan fingerprint density at radius 3 is 2.67 bits per heavy atom. The van der Waals surface area contributed by atoms with E-state index in [1.807, 2.05) is 36.4 Å². The average Bonchev–Trinajstić information content (AvgIpc) is 2.50. The highest BCUT2D eigenvalue weighted by molar-refractivity contribution is 9.10. The Bertz CT molecular complexity index is 671. The van der Waals surface area contributed by atoms with E-state index in [1.165, 1.54) is 0 Å². The van der Waals surface area contributed by atoms with Crippen LogP contribution in [-0.4, -0.2) is 11.9 Å². The molecule has 1 fully saturated rings. The van der Waals surface area contributed by atoms with Crippen LogP contribution in [0.25, 0.3) is 10.8 Å². The van der Waals surface area contributed by atoms with Gasteiger partial charge in [-0.15, -0.1) is 0 Å². The van der Waals surface area contributed by atoms with Gasteiger partial charge >= 0.3 is 0 Å². The molecule has 0 heterocycles. The Hall–Kier alpha value is -1.39. The highest BCUT2D eigenvalue weighted by Gasteiger charge is 2.25. The topological polar surface area (TPSA) is 55.1 Å². The molecule has 0 radical (unpaired) electrons. The van der Waals surface area contributed by atoms with E-state index >= 15 is 0 Å². The highest BCUT2D eigenvalue weighted by Crippen LogP contribution is 2.31. The molecule has 0 aromatic heterocycles. The number of carbonyl (C=O) groups excluding carboxylic acids is 1. The molecule has 1 aliphatic carbocycles. The summed E-state index contributed by atoms with van der Waals surface area (Å²) in [4.78, 5) is 12.5. The number of benzene rings is 2.